The smallest absolute Gasteiger partial charge is 0.244 e. The highest BCUT2D eigenvalue weighted by molar-refractivity contribution is 5.91. The molecule has 19 heavy (non-hydrogen) atoms. The molecule has 0 radical (unpaired) electrons. The summed E-state index contributed by atoms with van der Waals surface area (Å²) in [7, 11) is 1.82. The van der Waals surface area contributed by atoms with Crippen molar-refractivity contribution in [2.24, 2.45) is 7.05 Å². The Morgan fingerprint density at radius 1 is 1.37 bits per heavy atom. The van der Waals surface area contributed by atoms with Crippen LogP contribution in [0.15, 0.2) is 42.6 Å². The highest BCUT2D eigenvalue weighted by Crippen LogP contribution is 2.04. The van der Waals surface area contributed by atoms with E-state index in [0.717, 1.165) is 11.3 Å². The van der Waals surface area contributed by atoms with Gasteiger partial charge in [0.1, 0.15) is 5.82 Å². The topological polar surface area (TPSA) is 46.9 Å². The van der Waals surface area contributed by atoms with Crippen LogP contribution < -0.4 is 5.32 Å². The van der Waals surface area contributed by atoms with Gasteiger partial charge in [-0.3, -0.25) is 9.48 Å². The molecule has 2 aromatic rings. The van der Waals surface area contributed by atoms with Gasteiger partial charge >= 0.3 is 0 Å². The van der Waals surface area contributed by atoms with Gasteiger partial charge in [0.05, 0.1) is 12.2 Å². The Kier molecular flexibility index (Phi) is 4.07. The molecule has 1 heterocycles. The molecule has 0 atom stereocenters. The number of rotatable bonds is 4. The Balaban J connectivity index is 1.87. The zero-order chi connectivity index (χ0) is 13.7. The molecule has 0 saturated carbocycles. The highest BCUT2D eigenvalue weighted by atomic mass is 19.1. The number of benzene rings is 1. The number of nitrogens with zero attached hydrogens (tertiary/aromatic N) is 2. The summed E-state index contributed by atoms with van der Waals surface area (Å²) in [5, 5.41) is 6.76. The summed E-state index contributed by atoms with van der Waals surface area (Å²) in [4.78, 5) is 11.6. The zero-order valence-electron chi connectivity index (χ0n) is 10.5. The van der Waals surface area contributed by atoms with Crippen molar-refractivity contribution in [2.75, 3.05) is 0 Å². The fraction of sp³-hybridized carbons (Fsp3) is 0.143. The van der Waals surface area contributed by atoms with Gasteiger partial charge < -0.3 is 5.32 Å². The average Bonchev–Trinajstić information content (AvgIpc) is 2.81. The lowest BCUT2D eigenvalue weighted by atomic mass is 10.2. The van der Waals surface area contributed by atoms with Crippen LogP contribution in [0.1, 0.15) is 11.3 Å². The number of carbonyl (C=O) groups is 1. The van der Waals surface area contributed by atoms with Crippen LogP contribution >= 0.6 is 0 Å². The summed E-state index contributed by atoms with van der Waals surface area (Å²) >= 11 is 0. The van der Waals surface area contributed by atoms with E-state index in [-0.39, 0.29) is 11.7 Å². The lowest BCUT2D eigenvalue weighted by molar-refractivity contribution is -0.116. The van der Waals surface area contributed by atoms with Gasteiger partial charge in [-0.1, -0.05) is 12.1 Å². The third kappa shape index (κ3) is 3.77. The fourth-order valence-electron chi connectivity index (χ4n) is 1.56. The van der Waals surface area contributed by atoms with Gasteiger partial charge in [-0.05, 0) is 29.8 Å². The van der Waals surface area contributed by atoms with Crippen molar-refractivity contribution in [3.8, 4) is 0 Å². The maximum Gasteiger partial charge on any atom is 0.244 e. The maximum atomic E-state index is 12.7. The maximum absolute atomic E-state index is 12.7. The molecule has 0 aliphatic carbocycles. The van der Waals surface area contributed by atoms with Crippen LogP contribution in [0.25, 0.3) is 6.08 Å². The Labute approximate surface area is 110 Å². The molecule has 0 unspecified atom stereocenters. The molecule has 1 amide bonds. The van der Waals surface area contributed by atoms with E-state index in [2.05, 4.69) is 10.4 Å². The largest absolute Gasteiger partial charge is 0.347 e. The number of aryl methyl sites for hydroxylation is 1. The predicted octanol–water partition coefficient (Wildman–Crippen LogP) is 1.89. The lowest BCUT2D eigenvalue weighted by Crippen LogP contribution is -2.21. The quantitative estimate of drug-likeness (QED) is 0.852. The van der Waals surface area contributed by atoms with E-state index >= 15 is 0 Å². The summed E-state index contributed by atoms with van der Waals surface area (Å²) < 4.78 is 14.4. The normalized spacial score (nSPS) is 10.8. The van der Waals surface area contributed by atoms with Crippen molar-refractivity contribution >= 4 is 12.0 Å². The second kappa shape index (κ2) is 5.95. The van der Waals surface area contributed by atoms with Crippen LogP contribution in [0.3, 0.4) is 0 Å². The fourth-order valence-corrected chi connectivity index (χ4v) is 1.56. The Morgan fingerprint density at radius 3 is 2.74 bits per heavy atom. The highest BCUT2D eigenvalue weighted by Gasteiger charge is 2.00. The second-order valence-electron chi connectivity index (χ2n) is 4.05. The van der Waals surface area contributed by atoms with Gasteiger partial charge in [0.15, 0.2) is 0 Å². The van der Waals surface area contributed by atoms with Crippen LogP contribution in [0.2, 0.25) is 0 Å². The number of hydrogen-bond acceptors (Lipinski definition) is 2. The number of amides is 1. The van der Waals surface area contributed by atoms with E-state index in [1.807, 2.05) is 13.1 Å². The van der Waals surface area contributed by atoms with Gasteiger partial charge in [0.25, 0.3) is 0 Å². The number of halogens is 1. The summed E-state index contributed by atoms with van der Waals surface area (Å²) in [6.45, 7) is 0.420. The van der Waals surface area contributed by atoms with Crippen LogP contribution in [-0.4, -0.2) is 15.7 Å². The Morgan fingerprint density at radius 2 is 2.11 bits per heavy atom. The molecule has 2 rings (SSSR count). The van der Waals surface area contributed by atoms with E-state index in [4.69, 9.17) is 0 Å². The van der Waals surface area contributed by atoms with E-state index in [1.54, 1.807) is 29.1 Å². The Hall–Kier alpha value is -2.43. The molecule has 0 saturated heterocycles. The molecule has 5 heteroatoms. The summed E-state index contributed by atoms with van der Waals surface area (Å²) in [6, 6.07) is 7.77. The minimum Gasteiger partial charge on any atom is -0.347 e. The van der Waals surface area contributed by atoms with Gasteiger partial charge in [0, 0.05) is 19.3 Å². The molecule has 0 aliphatic rings. The van der Waals surface area contributed by atoms with Crippen LogP contribution in [-0.2, 0) is 18.4 Å². The number of hydrogen-bond donors (Lipinski definition) is 1. The van der Waals surface area contributed by atoms with Crippen molar-refractivity contribution in [3.63, 3.8) is 0 Å². The molecular formula is C14H14FN3O. The minimum absolute atomic E-state index is 0.203. The third-order valence-electron chi connectivity index (χ3n) is 2.66. The summed E-state index contributed by atoms with van der Waals surface area (Å²) in [5.74, 6) is -0.497. The summed E-state index contributed by atoms with van der Waals surface area (Å²) in [6.07, 6.45) is 4.73. The van der Waals surface area contributed by atoms with Crippen molar-refractivity contribution in [3.05, 3.63) is 59.7 Å². The number of aromatic nitrogens is 2. The van der Waals surface area contributed by atoms with Crippen LogP contribution in [0, 0.1) is 5.82 Å². The van der Waals surface area contributed by atoms with E-state index < -0.39 is 0 Å². The van der Waals surface area contributed by atoms with E-state index in [9.17, 15) is 9.18 Å². The molecule has 1 aromatic heterocycles. The first kappa shape index (κ1) is 13.0. The molecule has 1 N–H and O–H groups in total. The minimum atomic E-state index is -0.294. The SMILES string of the molecule is Cn1nccc1CNC(=O)/C=C/c1ccc(F)cc1. The first-order chi connectivity index (χ1) is 9.15. The third-order valence-corrected chi connectivity index (χ3v) is 2.66. The molecule has 0 aliphatic heterocycles. The van der Waals surface area contributed by atoms with Crippen molar-refractivity contribution in [2.45, 2.75) is 6.54 Å². The van der Waals surface area contributed by atoms with Crippen molar-refractivity contribution in [1.29, 1.82) is 0 Å². The van der Waals surface area contributed by atoms with Crippen molar-refractivity contribution < 1.29 is 9.18 Å². The number of nitrogens with one attached hydrogen (secondary N) is 1. The molecular weight excluding hydrogens is 245 g/mol. The van der Waals surface area contributed by atoms with Crippen molar-refractivity contribution in [1.82, 2.24) is 15.1 Å². The van der Waals surface area contributed by atoms with E-state index in [1.165, 1.54) is 18.2 Å². The monoisotopic (exact) mass is 259 g/mol. The predicted molar refractivity (Wildman–Crippen MR) is 70.5 cm³/mol. The van der Waals surface area contributed by atoms with Gasteiger partial charge in [-0.15, -0.1) is 0 Å². The summed E-state index contributed by atoms with van der Waals surface area (Å²) in [5.41, 5.74) is 1.70. The second-order valence-corrected chi connectivity index (χ2v) is 4.05. The number of carbonyl (C=O) groups excluding carboxylic acids is 1. The Bertz CT molecular complexity index is 587. The molecule has 0 spiro atoms. The van der Waals surface area contributed by atoms with Crippen LogP contribution in [0.4, 0.5) is 4.39 Å². The lowest BCUT2D eigenvalue weighted by Gasteiger charge is -2.02. The van der Waals surface area contributed by atoms with Gasteiger partial charge in [-0.2, -0.15) is 5.10 Å². The zero-order valence-corrected chi connectivity index (χ0v) is 10.5. The first-order valence-corrected chi connectivity index (χ1v) is 5.83. The average molecular weight is 259 g/mol. The van der Waals surface area contributed by atoms with E-state index in [0.29, 0.717) is 6.54 Å². The molecule has 98 valence electrons. The van der Waals surface area contributed by atoms with Crippen LogP contribution in [0.5, 0.6) is 0 Å². The first-order valence-electron chi connectivity index (χ1n) is 5.83. The molecule has 0 fully saturated rings. The standard InChI is InChI=1S/C14H14FN3O/c1-18-13(8-9-17-18)10-16-14(19)7-4-11-2-5-12(15)6-3-11/h2-9H,10H2,1H3,(H,16,19)/b7-4+. The molecule has 0 bridgehead atoms. The van der Waals surface area contributed by atoms with Gasteiger partial charge in [-0.25, -0.2) is 4.39 Å². The molecule has 1 aromatic carbocycles. The molecule has 4 nitrogen and oxygen atoms in total. The van der Waals surface area contributed by atoms with Gasteiger partial charge in [0.2, 0.25) is 5.91 Å².